The predicted octanol–water partition coefficient (Wildman–Crippen LogP) is -3.68. The molecule has 15 heteroatoms. The molecule has 14 N–H and O–H groups in total. The lowest BCUT2D eigenvalue weighted by molar-refractivity contribution is -0.142. The van der Waals surface area contributed by atoms with E-state index in [-0.39, 0.29) is 44.6 Å². The van der Waals surface area contributed by atoms with Gasteiger partial charge in [-0.3, -0.25) is 24.2 Å². The number of amides is 4. The molecule has 0 aliphatic carbocycles. The Hall–Kier alpha value is -3.46. The first-order valence-electron chi connectivity index (χ1n) is 11.3. The maximum Gasteiger partial charge on any atom is 0.326 e. The smallest absolute Gasteiger partial charge is 0.326 e. The molecule has 0 heterocycles. The number of carboxylic acids is 1. The van der Waals surface area contributed by atoms with Crippen molar-refractivity contribution in [1.29, 1.82) is 0 Å². The summed E-state index contributed by atoms with van der Waals surface area (Å²) in [5.41, 5.74) is 26.7. The van der Waals surface area contributed by atoms with E-state index in [4.69, 9.17) is 28.7 Å². The molecule has 0 aliphatic heterocycles. The normalized spacial score (nSPS) is 14.0. The molecule has 0 rings (SSSR count). The van der Waals surface area contributed by atoms with E-state index in [2.05, 4.69) is 20.9 Å². The van der Waals surface area contributed by atoms with Gasteiger partial charge in [0.05, 0.1) is 6.04 Å². The standard InChI is InChI=1S/C20H39N9O6/c1-11(22)16(31)27-13(7-8-15(23)30)18(33)28-12(6-4-10-26-20(24)25)17(32)29-14(19(34)35)5-2-3-9-21/h11-14H,2-10,21-22H2,1H3,(H2,23,30)(H,27,31)(H,28,33)(H,29,32)(H,34,35)(H4,24,25,26). The number of nitrogens with two attached hydrogens (primary N) is 5. The minimum Gasteiger partial charge on any atom is -0.480 e. The van der Waals surface area contributed by atoms with Crippen LogP contribution < -0.4 is 44.6 Å². The summed E-state index contributed by atoms with van der Waals surface area (Å²) in [4.78, 5) is 64.4. The number of primary amides is 1. The van der Waals surface area contributed by atoms with Gasteiger partial charge in [0, 0.05) is 13.0 Å². The molecule has 0 bridgehead atoms. The number of nitrogens with one attached hydrogen (secondary N) is 3. The lowest BCUT2D eigenvalue weighted by Crippen LogP contribution is -2.57. The van der Waals surface area contributed by atoms with Gasteiger partial charge in [-0.1, -0.05) is 0 Å². The van der Waals surface area contributed by atoms with Gasteiger partial charge >= 0.3 is 5.97 Å². The molecule has 4 atom stereocenters. The molecular formula is C20H39N9O6. The minimum absolute atomic E-state index is 0.0628. The zero-order valence-electron chi connectivity index (χ0n) is 20.0. The van der Waals surface area contributed by atoms with E-state index in [1.165, 1.54) is 6.92 Å². The first-order chi connectivity index (χ1) is 16.4. The second kappa shape index (κ2) is 17.0. The third-order valence-corrected chi connectivity index (χ3v) is 4.87. The number of nitrogens with zero attached hydrogens (tertiary/aromatic N) is 1. The van der Waals surface area contributed by atoms with E-state index >= 15 is 0 Å². The third kappa shape index (κ3) is 14.4. The molecule has 35 heavy (non-hydrogen) atoms. The summed E-state index contributed by atoms with van der Waals surface area (Å²) in [5, 5.41) is 16.8. The lowest BCUT2D eigenvalue weighted by atomic mass is 10.1. The van der Waals surface area contributed by atoms with E-state index in [1.54, 1.807) is 0 Å². The van der Waals surface area contributed by atoms with Crippen molar-refractivity contribution in [1.82, 2.24) is 16.0 Å². The number of carboxylic acid groups (broad SMARTS) is 1. The molecule has 0 radical (unpaired) electrons. The molecule has 0 fully saturated rings. The Labute approximate surface area is 204 Å². The molecule has 200 valence electrons. The number of guanidine groups is 1. The van der Waals surface area contributed by atoms with Crippen molar-refractivity contribution in [2.24, 2.45) is 33.7 Å². The molecule has 0 saturated carbocycles. The van der Waals surface area contributed by atoms with Crippen LogP contribution in [0.1, 0.15) is 51.9 Å². The second-order valence-electron chi connectivity index (χ2n) is 8.05. The van der Waals surface area contributed by atoms with Crippen molar-refractivity contribution >= 4 is 35.6 Å². The fraction of sp³-hybridized carbons (Fsp3) is 0.700. The van der Waals surface area contributed by atoms with Crippen molar-refractivity contribution in [3.05, 3.63) is 0 Å². The van der Waals surface area contributed by atoms with Crippen LogP contribution in [0.25, 0.3) is 0 Å². The van der Waals surface area contributed by atoms with E-state index in [0.29, 0.717) is 19.4 Å². The Morgan fingerprint density at radius 3 is 1.80 bits per heavy atom. The van der Waals surface area contributed by atoms with Crippen LogP contribution in [0.2, 0.25) is 0 Å². The van der Waals surface area contributed by atoms with Crippen LogP contribution in [0.4, 0.5) is 0 Å². The highest BCUT2D eigenvalue weighted by Gasteiger charge is 2.29. The number of hydrogen-bond donors (Lipinski definition) is 9. The van der Waals surface area contributed by atoms with E-state index in [9.17, 15) is 29.1 Å². The summed E-state index contributed by atoms with van der Waals surface area (Å²) in [5.74, 6) is -4.22. The SMILES string of the molecule is CC(N)C(=O)NC(CCC(N)=O)C(=O)NC(CCCN=C(N)N)C(=O)NC(CCCCN)C(=O)O. The van der Waals surface area contributed by atoms with Gasteiger partial charge in [0.15, 0.2) is 5.96 Å². The highest BCUT2D eigenvalue weighted by atomic mass is 16.4. The maximum absolute atomic E-state index is 12.9. The van der Waals surface area contributed by atoms with Crippen LogP contribution >= 0.6 is 0 Å². The highest BCUT2D eigenvalue weighted by molar-refractivity contribution is 5.94. The number of aliphatic carboxylic acids is 1. The quantitative estimate of drug-likeness (QED) is 0.0503. The van der Waals surface area contributed by atoms with Crippen LogP contribution in [0.3, 0.4) is 0 Å². The van der Waals surface area contributed by atoms with Crippen molar-refractivity contribution in [2.45, 2.75) is 76.0 Å². The summed E-state index contributed by atoms with van der Waals surface area (Å²) in [6.07, 6.45) is 1.22. The fourth-order valence-electron chi connectivity index (χ4n) is 2.93. The summed E-state index contributed by atoms with van der Waals surface area (Å²) in [6, 6.07) is -4.48. The van der Waals surface area contributed by atoms with Crippen molar-refractivity contribution in [3.8, 4) is 0 Å². The lowest BCUT2D eigenvalue weighted by Gasteiger charge is -2.25. The van der Waals surface area contributed by atoms with Crippen LogP contribution in [0.5, 0.6) is 0 Å². The first-order valence-corrected chi connectivity index (χ1v) is 11.3. The number of carbonyl (C=O) groups excluding carboxylic acids is 4. The predicted molar refractivity (Wildman–Crippen MR) is 128 cm³/mol. The molecule has 15 nitrogen and oxygen atoms in total. The molecule has 4 amide bonds. The number of unbranched alkanes of at least 4 members (excludes halogenated alkanes) is 1. The van der Waals surface area contributed by atoms with E-state index in [1.807, 2.05) is 0 Å². The van der Waals surface area contributed by atoms with Crippen LogP contribution in [0, 0.1) is 0 Å². The molecule has 0 aromatic carbocycles. The molecule has 0 saturated heterocycles. The maximum atomic E-state index is 12.9. The minimum atomic E-state index is -1.23. The van der Waals surface area contributed by atoms with Crippen LogP contribution in [-0.4, -0.2) is 77.9 Å². The Balaban J connectivity index is 5.55. The number of hydrogen-bond acceptors (Lipinski definition) is 8. The average Bonchev–Trinajstić information content (AvgIpc) is 2.76. The molecule has 0 aliphatic rings. The van der Waals surface area contributed by atoms with E-state index < -0.39 is 53.8 Å². The Morgan fingerprint density at radius 2 is 1.31 bits per heavy atom. The fourth-order valence-corrected chi connectivity index (χ4v) is 2.93. The molecule has 0 spiro atoms. The highest BCUT2D eigenvalue weighted by Crippen LogP contribution is 2.06. The van der Waals surface area contributed by atoms with Gasteiger partial charge in [-0.05, 0) is 52.0 Å². The number of rotatable bonds is 18. The van der Waals surface area contributed by atoms with Gasteiger partial charge in [0.25, 0.3) is 0 Å². The van der Waals surface area contributed by atoms with Crippen LogP contribution in [0.15, 0.2) is 4.99 Å². The van der Waals surface area contributed by atoms with Gasteiger partial charge in [0.2, 0.25) is 23.6 Å². The van der Waals surface area contributed by atoms with Crippen molar-refractivity contribution < 1.29 is 29.1 Å². The Kier molecular flexibility index (Phi) is 15.4. The topological polar surface area (TPSA) is 284 Å². The average molecular weight is 502 g/mol. The molecular weight excluding hydrogens is 462 g/mol. The monoisotopic (exact) mass is 501 g/mol. The number of aliphatic imine (C=N–C) groups is 1. The molecule has 0 aromatic rings. The summed E-state index contributed by atoms with van der Waals surface area (Å²) >= 11 is 0. The Bertz CT molecular complexity index is 755. The van der Waals surface area contributed by atoms with Crippen molar-refractivity contribution in [3.63, 3.8) is 0 Å². The summed E-state index contributed by atoms with van der Waals surface area (Å²) in [7, 11) is 0. The number of carbonyl (C=O) groups is 5. The van der Waals surface area contributed by atoms with Gasteiger partial charge < -0.3 is 49.7 Å². The molecule has 0 aromatic heterocycles. The van der Waals surface area contributed by atoms with E-state index in [0.717, 1.165) is 0 Å². The Morgan fingerprint density at radius 1 is 0.800 bits per heavy atom. The summed E-state index contributed by atoms with van der Waals surface area (Å²) < 4.78 is 0. The summed E-state index contributed by atoms with van der Waals surface area (Å²) in [6.45, 7) is 1.95. The first kappa shape index (κ1) is 31.5. The largest absolute Gasteiger partial charge is 0.480 e. The van der Waals surface area contributed by atoms with Crippen molar-refractivity contribution in [2.75, 3.05) is 13.1 Å². The van der Waals surface area contributed by atoms with Crippen LogP contribution in [-0.2, 0) is 24.0 Å². The zero-order chi connectivity index (χ0) is 27.0. The van der Waals surface area contributed by atoms with Gasteiger partial charge in [0.1, 0.15) is 18.1 Å². The zero-order valence-corrected chi connectivity index (χ0v) is 20.0. The molecule has 4 unspecified atom stereocenters. The van der Waals surface area contributed by atoms with Gasteiger partial charge in [-0.2, -0.15) is 0 Å². The van der Waals surface area contributed by atoms with Gasteiger partial charge in [-0.25, -0.2) is 4.79 Å². The van der Waals surface area contributed by atoms with Gasteiger partial charge in [-0.15, -0.1) is 0 Å². The second-order valence-corrected chi connectivity index (χ2v) is 8.05. The third-order valence-electron chi connectivity index (χ3n) is 4.87.